The number of hydrazone groups is 1. The maximum atomic E-state index is 11.3. The van der Waals surface area contributed by atoms with E-state index in [4.69, 9.17) is 4.74 Å². The van der Waals surface area contributed by atoms with Gasteiger partial charge in [0, 0.05) is 7.05 Å². The van der Waals surface area contributed by atoms with E-state index in [1.54, 1.807) is 6.92 Å². The summed E-state index contributed by atoms with van der Waals surface area (Å²) in [5.41, 5.74) is 0. The zero-order chi connectivity index (χ0) is 10.0. The minimum Gasteiger partial charge on any atom is -0.479 e. The van der Waals surface area contributed by atoms with Crippen LogP contribution in [-0.2, 0) is 14.3 Å². The summed E-state index contributed by atoms with van der Waals surface area (Å²) in [6, 6.07) is 0. The quantitative estimate of drug-likeness (QED) is 0.568. The summed E-state index contributed by atoms with van der Waals surface area (Å²) in [7, 11) is 1.50. The van der Waals surface area contributed by atoms with Crippen molar-refractivity contribution in [2.24, 2.45) is 11.0 Å². The largest absolute Gasteiger partial charge is 0.479 e. The van der Waals surface area contributed by atoms with E-state index < -0.39 is 5.92 Å². The highest BCUT2D eigenvalue weighted by atomic mass is 16.5. The van der Waals surface area contributed by atoms with Gasteiger partial charge in [-0.2, -0.15) is 0 Å². The number of nitrogens with zero attached hydrogens (tertiary/aromatic N) is 2. The Labute approximate surface area is 76.3 Å². The predicted octanol–water partition coefficient (Wildman–Crippen LogP) is 0.0136. The maximum Gasteiger partial charge on any atom is 0.262 e. The third kappa shape index (κ3) is 1.68. The van der Waals surface area contributed by atoms with Crippen LogP contribution >= 0.6 is 0 Å². The van der Waals surface area contributed by atoms with E-state index in [-0.39, 0.29) is 17.6 Å². The summed E-state index contributed by atoms with van der Waals surface area (Å²) in [5.74, 6) is -1.18. The first-order valence-electron chi connectivity index (χ1n) is 4.07. The molecule has 13 heavy (non-hydrogen) atoms. The average Bonchev–Trinajstić information content (AvgIpc) is 2.28. The summed E-state index contributed by atoms with van der Waals surface area (Å²) >= 11 is 0. The number of Topliss-reactive ketones (excluding diaryl/α,β-unsaturated/α-hetero) is 1. The molecule has 1 atom stereocenters. The molecular formula is C8H12N2O3. The molecule has 1 aliphatic heterocycles. The molecule has 0 saturated heterocycles. The Morgan fingerprint density at radius 2 is 2.31 bits per heavy atom. The lowest BCUT2D eigenvalue weighted by atomic mass is 10.1. The number of rotatable bonds is 2. The van der Waals surface area contributed by atoms with Gasteiger partial charge in [-0.1, -0.05) is 0 Å². The van der Waals surface area contributed by atoms with E-state index in [1.807, 2.05) is 0 Å². The van der Waals surface area contributed by atoms with Gasteiger partial charge in [0.15, 0.2) is 11.7 Å². The van der Waals surface area contributed by atoms with Gasteiger partial charge in [-0.05, 0) is 13.8 Å². The number of hydrogen-bond donors (Lipinski definition) is 0. The maximum absolute atomic E-state index is 11.3. The van der Waals surface area contributed by atoms with Crippen molar-refractivity contribution in [1.82, 2.24) is 5.01 Å². The van der Waals surface area contributed by atoms with Crippen LogP contribution in [0.5, 0.6) is 0 Å². The van der Waals surface area contributed by atoms with Crippen molar-refractivity contribution < 1.29 is 14.3 Å². The van der Waals surface area contributed by atoms with Crippen LogP contribution in [0.25, 0.3) is 0 Å². The van der Waals surface area contributed by atoms with Gasteiger partial charge in [0.1, 0.15) is 0 Å². The summed E-state index contributed by atoms with van der Waals surface area (Å²) in [6.07, 6.45) is 0. The molecule has 0 saturated carbocycles. The van der Waals surface area contributed by atoms with Crippen LogP contribution in [0.2, 0.25) is 0 Å². The van der Waals surface area contributed by atoms with Crippen molar-refractivity contribution >= 4 is 17.6 Å². The minimum atomic E-state index is -0.829. The third-order valence-corrected chi connectivity index (χ3v) is 1.76. The van der Waals surface area contributed by atoms with Crippen molar-refractivity contribution in [2.45, 2.75) is 13.8 Å². The summed E-state index contributed by atoms with van der Waals surface area (Å²) in [6.45, 7) is 3.54. The van der Waals surface area contributed by atoms with E-state index in [0.717, 1.165) is 5.01 Å². The Balaban J connectivity index is 2.86. The van der Waals surface area contributed by atoms with Crippen molar-refractivity contribution in [2.75, 3.05) is 13.7 Å². The van der Waals surface area contributed by atoms with Crippen LogP contribution in [-0.4, -0.2) is 36.3 Å². The molecule has 0 aromatic rings. The zero-order valence-electron chi connectivity index (χ0n) is 7.90. The molecule has 1 amide bonds. The number of carbonyl (C=O) groups excluding carboxylic acids is 2. The molecule has 1 unspecified atom stereocenters. The smallest absolute Gasteiger partial charge is 0.262 e. The molecule has 1 aliphatic rings. The van der Waals surface area contributed by atoms with Crippen molar-refractivity contribution in [3.63, 3.8) is 0 Å². The van der Waals surface area contributed by atoms with Gasteiger partial charge in [-0.25, -0.2) is 5.01 Å². The molecule has 5 nitrogen and oxygen atoms in total. The van der Waals surface area contributed by atoms with Gasteiger partial charge in [0.05, 0.1) is 6.61 Å². The summed E-state index contributed by atoms with van der Waals surface area (Å²) in [5, 5.41) is 4.96. The molecule has 0 fully saturated rings. The Morgan fingerprint density at radius 3 is 2.77 bits per heavy atom. The Bertz CT molecular complexity index is 273. The molecule has 1 heterocycles. The molecule has 0 spiro atoms. The number of carbonyl (C=O) groups is 2. The van der Waals surface area contributed by atoms with Crippen LogP contribution in [0, 0.1) is 5.92 Å². The fourth-order valence-corrected chi connectivity index (χ4v) is 1.16. The Morgan fingerprint density at radius 1 is 1.69 bits per heavy atom. The highest BCUT2D eigenvalue weighted by Crippen LogP contribution is 2.15. The molecule has 1 rings (SSSR count). The Kier molecular flexibility index (Phi) is 2.65. The number of hydrogen-bond acceptors (Lipinski definition) is 4. The lowest BCUT2D eigenvalue weighted by Crippen LogP contribution is -2.31. The fourth-order valence-electron chi connectivity index (χ4n) is 1.16. The van der Waals surface area contributed by atoms with Crippen molar-refractivity contribution in [3.8, 4) is 0 Å². The second-order valence-electron chi connectivity index (χ2n) is 2.78. The second kappa shape index (κ2) is 3.55. The summed E-state index contributed by atoms with van der Waals surface area (Å²) < 4.78 is 5.08. The van der Waals surface area contributed by atoms with Crippen LogP contribution in [0.1, 0.15) is 13.8 Å². The van der Waals surface area contributed by atoms with Crippen LogP contribution < -0.4 is 0 Å². The summed E-state index contributed by atoms with van der Waals surface area (Å²) in [4.78, 5) is 22.4. The van der Waals surface area contributed by atoms with Crippen molar-refractivity contribution in [3.05, 3.63) is 0 Å². The highest BCUT2D eigenvalue weighted by molar-refractivity contribution is 6.19. The van der Waals surface area contributed by atoms with E-state index >= 15 is 0 Å². The normalized spacial score (nSPS) is 21.8. The minimum absolute atomic E-state index is 0.211. The molecular weight excluding hydrogens is 172 g/mol. The van der Waals surface area contributed by atoms with Gasteiger partial charge >= 0.3 is 0 Å². The lowest BCUT2D eigenvalue weighted by Gasteiger charge is -2.06. The standard InChI is InChI=1S/C8H12N2O3/c1-4-13-7-6(5(2)11)8(12)10(3)9-7/h6H,4H2,1-3H3. The molecule has 0 N–H and O–H groups in total. The van der Waals surface area contributed by atoms with E-state index in [0.29, 0.717) is 6.61 Å². The molecule has 5 heteroatoms. The number of amides is 1. The third-order valence-electron chi connectivity index (χ3n) is 1.76. The average molecular weight is 184 g/mol. The topological polar surface area (TPSA) is 59.0 Å². The van der Waals surface area contributed by atoms with Crippen LogP contribution in [0.15, 0.2) is 5.10 Å². The van der Waals surface area contributed by atoms with Gasteiger partial charge in [-0.3, -0.25) is 9.59 Å². The Hall–Kier alpha value is -1.39. The monoisotopic (exact) mass is 184 g/mol. The molecule has 0 aromatic heterocycles. The first-order valence-corrected chi connectivity index (χ1v) is 4.07. The molecule has 0 aromatic carbocycles. The van der Waals surface area contributed by atoms with Crippen molar-refractivity contribution in [1.29, 1.82) is 0 Å². The van der Waals surface area contributed by atoms with Gasteiger partial charge in [0.2, 0.25) is 5.90 Å². The van der Waals surface area contributed by atoms with E-state index in [2.05, 4.69) is 5.10 Å². The molecule has 72 valence electrons. The van der Waals surface area contributed by atoms with E-state index in [1.165, 1.54) is 14.0 Å². The van der Waals surface area contributed by atoms with Gasteiger partial charge < -0.3 is 4.74 Å². The van der Waals surface area contributed by atoms with Gasteiger partial charge in [0.25, 0.3) is 5.91 Å². The zero-order valence-corrected chi connectivity index (χ0v) is 7.90. The molecule has 0 bridgehead atoms. The van der Waals surface area contributed by atoms with Crippen LogP contribution in [0.4, 0.5) is 0 Å². The SMILES string of the molecule is CCOC1=NN(C)C(=O)C1C(C)=O. The lowest BCUT2D eigenvalue weighted by molar-refractivity contribution is -0.135. The van der Waals surface area contributed by atoms with Crippen LogP contribution in [0.3, 0.4) is 0 Å². The van der Waals surface area contributed by atoms with E-state index in [9.17, 15) is 9.59 Å². The first kappa shape index (κ1) is 9.70. The number of ether oxygens (including phenoxy) is 1. The van der Waals surface area contributed by atoms with Gasteiger partial charge in [-0.15, -0.1) is 5.10 Å². The fraction of sp³-hybridized carbons (Fsp3) is 0.625. The first-order chi connectivity index (χ1) is 6.07. The number of ketones is 1. The molecule has 0 radical (unpaired) electrons. The molecule has 0 aliphatic carbocycles. The second-order valence-corrected chi connectivity index (χ2v) is 2.78. The highest BCUT2D eigenvalue weighted by Gasteiger charge is 2.38. The predicted molar refractivity (Wildman–Crippen MR) is 46.0 cm³/mol.